The number of methoxy groups -OCH3 is 1. The van der Waals surface area contributed by atoms with Crippen molar-refractivity contribution >= 4 is 0 Å². The van der Waals surface area contributed by atoms with E-state index in [-0.39, 0.29) is 0 Å². The molecule has 0 N–H and O–H groups in total. The Morgan fingerprint density at radius 2 is 2.32 bits per heavy atom. The maximum absolute atomic E-state index is 5.51. The first-order valence-corrected chi connectivity index (χ1v) is 6.92. The Morgan fingerprint density at radius 3 is 3.00 bits per heavy atom. The van der Waals surface area contributed by atoms with Gasteiger partial charge < -0.3 is 9.47 Å². The van der Waals surface area contributed by atoms with E-state index in [9.17, 15) is 0 Å². The van der Waals surface area contributed by atoms with Crippen molar-refractivity contribution in [1.29, 1.82) is 0 Å². The average molecular weight is 264 g/mol. The minimum absolute atomic E-state index is 0.513. The molecule has 1 unspecified atom stereocenters. The monoisotopic (exact) mass is 264 g/mol. The molecule has 1 aromatic heterocycles. The molecule has 0 aliphatic carbocycles. The van der Waals surface area contributed by atoms with Crippen LogP contribution in [-0.2, 0) is 16.0 Å². The highest BCUT2D eigenvalue weighted by molar-refractivity contribution is 5.27. The Hall–Kier alpha value is -0.970. The third-order valence-corrected chi connectivity index (χ3v) is 3.61. The van der Waals surface area contributed by atoms with Crippen molar-refractivity contribution in [1.82, 2.24) is 9.88 Å². The first kappa shape index (κ1) is 14.4. The lowest BCUT2D eigenvalue weighted by Crippen LogP contribution is -2.24. The van der Waals surface area contributed by atoms with E-state index in [1.54, 1.807) is 7.11 Å². The Bertz CT molecular complexity index is 403. The van der Waals surface area contributed by atoms with Crippen LogP contribution in [0.2, 0.25) is 0 Å². The van der Waals surface area contributed by atoms with Crippen LogP contribution < -0.4 is 0 Å². The largest absolute Gasteiger partial charge is 0.383 e. The van der Waals surface area contributed by atoms with Crippen LogP contribution in [0.4, 0.5) is 0 Å². The molecule has 1 saturated heterocycles. The summed E-state index contributed by atoms with van der Waals surface area (Å²) in [6.07, 6.45) is 1.11. The molecule has 1 aliphatic heterocycles. The molecule has 0 amide bonds. The van der Waals surface area contributed by atoms with Gasteiger partial charge in [-0.3, -0.25) is 9.88 Å². The molecule has 0 aromatic carbocycles. The van der Waals surface area contributed by atoms with Crippen molar-refractivity contribution in [2.45, 2.75) is 25.8 Å². The van der Waals surface area contributed by atoms with Gasteiger partial charge in [0.2, 0.25) is 0 Å². The highest BCUT2D eigenvalue weighted by atomic mass is 16.5. The number of aryl methyl sites for hydroxylation is 1. The average Bonchev–Trinajstić information content (AvgIpc) is 2.90. The van der Waals surface area contributed by atoms with Gasteiger partial charge in [-0.15, -0.1) is 0 Å². The number of rotatable bonds is 6. The summed E-state index contributed by atoms with van der Waals surface area (Å²) in [6.45, 7) is 6.30. The number of ether oxygens (including phenoxy) is 2. The third-order valence-electron chi connectivity index (χ3n) is 3.61. The molecule has 2 rings (SSSR count). The van der Waals surface area contributed by atoms with Gasteiger partial charge in [0, 0.05) is 38.4 Å². The van der Waals surface area contributed by atoms with Crippen molar-refractivity contribution in [3.63, 3.8) is 0 Å². The maximum atomic E-state index is 5.51. The quantitative estimate of drug-likeness (QED) is 0.787. The van der Waals surface area contributed by atoms with Gasteiger partial charge >= 0.3 is 0 Å². The fourth-order valence-corrected chi connectivity index (χ4v) is 2.48. The molecule has 106 valence electrons. The third kappa shape index (κ3) is 4.00. The zero-order chi connectivity index (χ0) is 13.7. The van der Waals surface area contributed by atoms with Crippen LogP contribution >= 0.6 is 0 Å². The van der Waals surface area contributed by atoms with Crippen LogP contribution in [0.25, 0.3) is 0 Å². The summed E-state index contributed by atoms with van der Waals surface area (Å²) in [4.78, 5) is 6.98. The molecule has 0 bridgehead atoms. The van der Waals surface area contributed by atoms with Crippen molar-refractivity contribution in [2.75, 3.05) is 40.5 Å². The lowest BCUT2D eigenvalue weighted by Gasteiger charge is -2.20. The lowest BCUT2D eigenvalue weighted by atomic mass is 9.96. The van der Waals surface area contributed by atoms with Crippen molar-refractivity contribution in [3.8, 4) is 0 Å². The van der Waals surface area contributed by atoms with E-state index in [4.69, 9.17) is 14.5 Å². The molecule has 19 heavy (non-hydrogen) atoms. The van der Waals surface area contributed by atoms with Crippen LogP contribution in [0.5, 0.6) is 0 Å². The normalized spacial score (nSPS) is 19.3. The number of hydrogen-bond acceptors (Lipinski definition) is 4. The zero-order valence-corrected chi connectivity index (χ0v) is 12.2. The van der Waals surface area contributed by atoms with E-state index in [0.29, 0.717) is 5.92 Å². The van der Waals surface area contributed by atoms with Gasteiger partial charge in [-0.2, -0.15) is 0 Å². The fraction of sp³-hybridized carbons (Fsp3) is 0.667. The Morgan fingerprint density at radius 1 is 1.47 bits per heavy atom. The second-order valence-corrected chi connectivity index (χ2v) is 5.28. The minimum atomic E-state index is 0.513. The van der Waals surface area contributed by atoms with Crippen LogP contribution in [-0.4, -0.2) is 50.4 Å². The van der Waals surface area contributed by atoms with E-state index in [0.717, 1.165) is 45.0 Å². The van der Waals surface area contributed by atoms with Gasteiger partial charge in [-0.25, -0.2) is 0 Å². The van der Waals surface area contributed by atoms with Gasteiger partial charge in [0.15, 0.2) is 0 Å². The fourth-order valence-electron chi connectivity index (χ4n) is 2.48. The maximum Gasteiger partial charge on any atom is 0.0589 e. The van der Waals surface area contributed by atoms with Crippen LogP contribution in [0.3, 0.4) is 0 Å². The van der Waals surface area contributed by atoms with Gasteiger partial charge in [-0.05, 0) is 32.0 Å². The summed E-state index contributed by atoms with van der Waals surface area (Å²) >= 11 is 0. The molecular weight excluding hydrogens is 240 g/mol. The van der Waals surface area contributed by atoms with E-state index in [2.05, 4.69) is 24.1 Å². The van der Waals surface area contributed by atoms with Crippen molar-refractivity contribution in [3.05, 3.63) is 29.1 Å². The molecule has 0 saturated carbocycles. The minimum Gasteiger partial charge on any atom is -0.383 e. The van der Waals surface area contributed by atoms with E-state index >= 15 is 0 Å². The topological polar surface area (TPSA) is 34.6 Å². The first-order valence-electron chi connectivity index (χ1n) is 6.92. The molecule has 2 heterocycles. The van der Waals surface area contributed by atoms with Crippen LogP contribution in [0, 0.1) is 6.92 Å². The molecule has 1 fully saturated rings. The summed E-state index contributed by atoms with van der Waals surface area (Å²) in [6, 6.07) is 4.33. The van der Waals surface area contributed by atoms with Gasteiger partial charge in [0.1, 0.15) is 0 Å². The predicted molar refractivity (Wildman–Crippen MR) is 75.4 cm³/mol. The van der Waals surface area contributed by atoms with E-state index < -0.39 is 0 Å². The summed E-state index contributed by atoms with van der Waals surface area (Å²) in [5.41, 5.74) is 3.62. The smallest absolute Gasteiger partial charge is 0.0589 e. The first-order chi connectivity index (χ1) is 9.20. The van der Waals surface area contributed by atoms with Crippen molar-refractivity contribution < 1.29 is 9.47 Å². The van der Waals surface area contributed by atoms with Gasteiger partial charge in [0.05, 0.1) is 18.9 Å². The Labute approximate surface area is 115 Å². The van der Waals surface area contributed by atoms with E-state index in [1.165, 1.54) is 11.3 Å². The molecule has 1 aliphatic rings. The predicted octanol–water partition coefficient (Wildman–Crippen LogP) is 1.97. The van der Waals surface area contributed by atoms with Crippen molar-refractivity contribution in [2.24, 2.45) is 0 Å². The van der Waals surface area contributed by atoms with Gasteiger partial charge in [0.25, 0.3) is 0 Å². The summed E-state index contributed by atoms with van der Waals surface area (Å²) in [5.74, 6) is 0.513. The molecule has 4 nitrogen and oxygen atoms in total. The highest BCUT2D eigenvalue weighted by Crippen LogP contribution is 2.27. The zero-order valence-electron chi connectivity index (χ0n) is 12.2. The SMILES string of the molecule is COCCN(C)Cc1nc(C)ccc1C1CCOC1. The molecule has 1 atom stereocenters. The lowest BCUT2D eigenvalue weighted by molar-refractivity contribution is 0.157. The summed E-state index contributed by atoms with van der Waals surface area (Å²) in [7, 11) is 3.85. The second-order valence-electron chi connectivity index (χ2n) is 5.28. The molecule has 0 spiro atoms. The highest BCUT2D eigenvalue weighted by Gasteiger charge is 2.21. The number of hydrogen-bond donors (Lipinski definition) is 0. The van der Waals surface area contributed by atoms with E-state index in [1.807, 2.05) is 6.92 Å². The molecule has 4 heteroatoms. The van der Waals surface area contributed by atoms with Crippen LogP contribution in [0.1, 0.15) is 29.3 Å². The molecular formula is C15H24N2O2. The second kappa shape index (κ2) is 6.98. The van der Waals surface area contributed by atoms with Crippen LogP contribution in [0.15, 0.2) is 12.1 Å². The Balaban J connectivity index is 2.10. The Kier molecular flexibility index (Phi) is 5.31. The number of pyridine rings is 1. The standard InChI is InChI=1S/C15H24N2O2/c1-12-4-5-14(13-6-8-19-11-13)15(16-12)10-17(2)7-9-18-3/h4-5,13H,6-11H2,1-3H3. The number of aromatic nitrogens is 1. The molecule has 0 radical (unpaired) electrons. The summed E-state index contributed by atoms with van der Waals surface area (Å²) < 4.78 is 10.6. The molecule has 1 aromatic rings. The number of nitrogens with zero attached hydrogens (tertiary/aromatic N) is 2. The van der Waals surface area contributed by atoms with Gasteiger partial charge in [-0.1, -0.05) is 6.07 Å². The number of likely N-dealkylation sites (N-methyl/N-ethyl adjacent to an activating group) is 1. The summed E-state index contributed by atoms with van der Waals surface area (Å²) in [5, 5.41) is 0.